The van der Waals surface area contributed by atoms with E-state index in [4.69, 9.17) is 23.7 Å². The van der Waals surface area contributed by atoms with Gasteiger partial charge in [-0.2, -0.15) is 0 Å². The van der Waals surface area contributed by atoms with Crippen molar-refractivity contribution < 1.29 is 37.7 Å². The zero-order valence-corrected chi connectivity index (χ0v) is 16.0. The summed E-state index contributed by atoms with van der Waals surface area (Å²) in [5, 5.41) is 0. The summed E-state index contributed by atoms with van der Waals surface area (Å²) in [6.07, 6.45) is 1.45. The van der Waals surface area contributed by atoms with Gasteiger partial charge in [-0.15, -0.1) is 0 Å². The maximum Gasteiger partial charge on any atom is 0.313 e. The minimum Gasteiger partial charge on any atom is -0.423 e. The Morgan fingerprint density at radius 2 is 1.54 bits per heavy atom. The van der Waals surface area contributed by atoms with Crippen LogP contribution in [-0.4, -0.2) is 71.4 Å². The highest BCUT2D eigenvalue weighted by atomic mass is 19.1. The van der Waals surface area contributed by atoms with Crippen LogP contribution in [0.25, 0.3) is 0 Å². The molecule has 0 aliphatic carbocycles. The number of esters is 1. The summed E-state index contributed by atoms with van der Waals surface area (Å²) >= 11 is 0. The molecule has 0 N–H and O–H groups in total. The second kappa shape index (κ2) is 15.9. The van der Waals surface area contributed by atoms with Crippen molar-refractivity contribution in [2.24, 2.45) is 4.99 Å². The molecule has 0 heterocycles. The number of ether oxygens (including phenoxy) is 5. The van der Waals surface area contributed by atoms with Gasteiger partial charge in [-0.05, 0) is 24.6 Å². The third-order valence-corrected chi connectivity index (χ3v) is 3.29. The summed E-state index contributed by atoms with van der Waals surface area (Å²) < 4.78 is 39.5. The van der Waals surface area contributed by atoms with Crippen LogP contribution in [0.4, 0.5) is 4.39 Å². The SMILES string of the molecule is Cc1ccc(OC(=O)CCOCCOCCOCCOCCN=C=O)c(F)c1. The summed E-state index contributed by atoms with van der Waals surface area (Å²) in [6.45, 7) is 4.94. The Labute approximate surface area is 163 Å². The monoisotopic (exact) mass is 399 g/mol. The molecule has 0 amide bonds. The molecule has 0 bridgehead atoms. The van der Waals surface area contributed by atoms with E-state index in [2.05, 4.69) is 4.99 Å². The van der Waals surface area contributed by atoms with Gasteiger partial charge in [0, 0.05) is 0 Å². The van der Waals surface area contributed by atoms with Gasteiger partial charge >= 0.3 is 5.97 Å². The Kier molecular flexibility index (Phi) is 13.5. The van der Waals surface area contributed by atoms with E-state index in [9.17, 15) is 14.0 Å². The van der Waals surface area contributed by atoms with Crippen LogP contribution in [0.2, 0.25) is 0 Å². The van der Waals surface area contributed by atoms with Gasteiger partial charge in [-0.1, -0.05) is 6.07 Å². The minimum absolute atomic E-state index is 0.0224. The molecule has 1 aromatic rings. The van der Waals surface area contributed by atoms with Gasteiger partial charge < -0.3 is 23.7 Å². The summed E-state index contributed by atoms with van der Waals surface area (Å²) in [6, 6.07) is 4.40. The van der Waals surface area contributed by atoms with Crippen LogP contribution in [0.5, 0.6) is 5.75 Å². The number of hydrogen-bond acceptors (Lipinski definition) is 8. The summed E-state index contributed by atoms with van der Waals surface area (Å²) in [5.41, 5.74) is 0.751. The first-order valence-electron chi connectivity index (χ1n) is 8.95. The van der Waals surface area contributed by atoms with Crippen LogP contribution in [0, 0.1) is 12.7 Å². The largest absolute Gasteiger partial charge is 0.423 e. The summed E-state index contributed by atoms with van der Waals surface area (Å²) in [5.74, 6) is -1.21. The Morgan fingerprint density at radius 1 is 0.964 bits per heavy atom. The molecule has 156 valence electrons. The molecular weight excluding hydrogens is 373 g/mol. The Morgan fingerprint density at radius 3 is 2.11 bits per heavy atom. The molecule has 1 rings (SSSR count). The van der Waals surface area contributed by atoms with Gasteiger partial charge in [0.25, 0.3) is 0 Å². The fourth-order valence-electron chi connectivity index (χ4n) is 1.94. The normalized spacial score (nSPS) is 10.5. The molecule has 9 heteroatoms. The van der Waals surface area contributed by atoms with Crippen LogP contribution in [-0.2, 0) is 28.5 Å². The van der Waals surface area contributed by atoms with Crippen LogP contribution in [0.1, 0.15) is 12.0 Å². The van der Waals surface area contributed by atoms with Crippen molar-refractivity contribution in [3.8, 4) is 5.75 Å². The number of aliphatic imine (C=N–C) groups is 1. The average Bonchev–Trinajstić information content (AvgIpc) is 2.67. The number of isocyanates is 1. The van der Waals surface area contributed by atoms with Crippen LogP contribution in [0.15, 0.2) is 23.2 Å². The van der Waals surface area contributed by atoms with Gasteiger partial charge in [0.05, 0.1) is 65.8 Å². The fraction of sp³-hybridized carbons (Fsp3) is 0.579. The third kappa shape index (κ3) is 12.3. The van der Waals surface area contributed by atoms with E-state index in [1.54, 1.807) is 13.0 Å². The van der Waals surface area contributed by atoms with E-state index in [1.165, 1.54) is 18.2 Å². The number of carbonyl (C=O) groups excluding carboxylic acids is 2. The van der Waals surface area contributed by atoms with Crippen LogP contribution >= 0.6 is 0 Å². The van der Waals surface area contributed by atoms with Gasteiger partial charge in [0.15, 0.2) is 11.6 Å². The molecule has 8 nitrogen and oxygen atoms in total. The van der Waals surface area contributed by atoms with Crippen molar-refractivity contribution in [3.63, 3.8) is 0 Å². The van der Waals surface area contributed by atoms with E-state index in [0.29, 0.717) is 52.8 Å². The first kappa shape index (κ1) is 23.9. The van der Waals surface area contributed by atoms with E-state index >= 15 is 0 Å². The van der Waals surface area contributed by atoms with Crippen LogP contribution in [0.3, 0.4) is 0 Å². The highest BCUT2D eigenvalue weighted by Crippen LogP contribution is 2.18. The molecular formula is C19H26FNO7. The van der Waals surface area contributed by atoms with Crippen molar-refractivity contribution in [1.82, 2.24) is 0 Å². The maximum atomic E-state index is 13.6. The molecule has 28 heavy (non-hydrogen) atoms. The van der Waals surface area contributed by atoms with E-state index in [-0.39, 0.29) is 18.8 Å². The van der Waals surface area contributed by atoms with E-state index < -0.39 is 11.8 Å². The van der Waals surface area contributed by atoms with E-state index in [1.807, 2.05) is 0 Å². The lowest BCUT2D eigenvalue weighted by Crippen LogP contribution is -2.15. The van der Waals surface area contributed by atoms with Crippen molar-refractivity contribution in [1.29, 1.82) is 0 Å². The molecule has 0 saturated carbocycles. The molecule has 0 unspecified atom stereocenters. The first-order valence-corrected chi connectivity index (χ1v) is 8.95. The van der Waals surface area contributed by atoms with Crippen molar-refractivity contribution in [2.75, 3.05) is 59.4 Å². The third-order valence-electron chi connectivity index (χ3n) is 3.29. The Balaban J connectivity index is 1.88. The van der Waals surface area contributed by atoms with Gasteiger partial charge in [0.1, 0.15) is 0 Å². The lowest BCUT2D eigenvalue weighted by atomic mass is 10.2. The van der Waals surface area contributed by atoms with E-state index in [0.717, 1.165) is 5.56 Å². The molecule has 0 fully saturated rings. The summed E-state index contributed by atoms with van der Waals surface area (Å²) in [4.78, 5) is 24.8. The molecule has 1 aromatic carbocycles. The molecule has 0 aliphatic heterocycles. The quantitative estimate of drug-likeness (QED) is 0.138. The zero-order chi connectivity index (χ0) is 20.5. The highest BCUT2D eigenvalue weighted by Gasteiger charge is 2.09. The number of aryl methyl sites for hydroxylation is 1. The predicted octanol–water partition coefficient (Wildman–Crippen LogP) is 1.83. The number of halogens is 1. The summed E-state index contributed by atoms with van der Waals surface area (Å²) in [7, 11) is 0. The Hall–Kier alpha value is -2.16. The minimum atomic E-state index is -0.566. The van der Waals surface area contributed by atoms with Crippen molar-refractivity contribution in [2.45, 2.75) is 13.3 Å². The second-order valence-electron chi connectivity index (χ2n) is 5.58. The lowest BCUT2D eigenvalue weighted by Gasteiger charge is -2.08. The lowest BCUT2D eigenvalue weighted by molar-refractivity contribution is -0.135. The zero-order valence-electron chi connectivity index (χ0n) is 16.0. The van der Waals surface area contributed by atoms with Crippen LogP contribution < -0.4 is 4.74 Å². The molecule has 0 saturated heterocycles. The fourth-order valence-corrected chi connectivity index (χ4v) is 1.94. The molecule has 0 spiro atoms. The maximum absolute atomic E-state index is 13.6. The first-order chi connectivity index (χ1) is 13.6. The number of nitrogens with zero attached hydrogens (tertiary/aromatic N) is 1. The standard InChI is InChI=1S/C19H26FNO7/c1-16-2-3-18(17(20)14-16)28-19(23)4-6-24-8-10-26-12-13-27-11-9-25-7-5-21-15-22/h2-3,14H,4-13H2,1H3. The molecule has 0 radical (unpaired) electrons. The Bertz CT molecular complexity index is 620. The molecule has 0 atom stereocenters. The number of rotatable bonds is 16. The average molecular weight is 399 g/mol. The second-order valence-corrected chi connectivity index (χ2v) is 5.58. The number of carbonyl (C=O) groups is 1. The van der Waals surface area contributed by atoms with Gasteiger partial charge in [0.2, 0.25) is 6.08 Å². The topological polar surface area (TPSA) is 92.7 Å². The van der Waals surface area contributed by atoms with Crippen molar-refractivity contribution in [3.05, 3.63) is 29.6 Å². The number of benzene rings is 1. The smallest absolute Gasteiger partial charge is 0.313 e. The van der Waals surface area contributed by atoms with Gasteiger partial charge in [-0.25, -0.2) is 14.2 Å². The number of hydrogen-bond donors (Lipinski definition) is 0. The van der Waals surface area contributed by atoms with Gasteiger partial charge in [-0.3, -0.25) is 4.79 Å². The molecule has 0 aliphatic rings. The highest BCUT2D eigenvalue weighted by molar-refractivity contribution is 5.72. The predicted molar refractivity (Wildman–Crippen MR) is 97.7 cm³/mol. The molecule has 0 aromatic heterocycles. The van der Waals surface area contributed by atoms with Crippen molar-refractivity contribution >= 4 is 12.0 Å².